The average molecular weight is 340 g/mol. The molecule has 128 valence electrons. The van der Waals surface area contributed by atoms with Gasteiger partial charge in [-0.25, -0.2) is 14.2 Å². The predicted octanol–water partition coefficient (Wildman–Crippen LogP) is 3.74. The van der Waals surface area contributed by atoms with Gasteiger partial charge in [0.15, 0.2) is 0 Å². The van der Waals surface area contributed by atoms with Crippen molar-refractivity contribution in [1.29, 1.82) is 0 Å². The van der Waals surface area contributed by atoms with Gasteiger partial charge in [0.2, 0.25) is 0 Å². The highest BCUT2D eigenvalue weighted by Gasteiger charge is 2.13. The van der Waals surface area contributed by atoms with E-state index in [1.165, 1.54) is 12.1 Å². The van der Waals surface area contributed by atoms with E-state index in [2.05, 4.69) is 10.3 Å². The van der Waals surface area contributed by atoms with E-state index in [-0.39, 0.29) is 17.2 Å². The Morgan fingerprint density at radius 3 is 2.80 bits per heavy atom. The number of rotatable bonds is 6. The summed E-state index contributed by atoms with van der Waals surface area (Å²) in [7, 11) is 1.56. The molecule has 0 fully saturated rings. The Kier molecular flexibility index (Phi) is 4.79. The summed E-state index contributed by atoms with van der Waals surface area (Å²) in [6.07, 6.45) is 0.550. The third-order valence-corrected chi connectivity index (χ3v) is 3.85. The molecular weight excluding hydrogens is 323 g/mol. The normalized spacial score (nSPS) is 10.6. The summed E-state index contributed by atoms with van der Waals surface area (Å²) >= 11 is 0. The van der Waals surface area contributed by atoms with E-state index in [0.717, 1.165) is 5.56 Å². The van der Waals surface area contributed by atoms with Crippen molar-refractivity contribution in [3.63, 3.8) is 0 Å². The van der Waals surface area contributed by atoms with Gasteiger partial charge in [0.25, 0.3) is 0 Å². The average Bonchev–Trinajstić information content (AvgIpc) is 2.60. The van der Waals surface area contributed by atoms with Gasteiger partial charge in [-0.15, -0.1) is 0 Å². The number of carbonyl (C=O) groups is 1. The van der Waals surface area contributed by atoms with Crippen molar-refractivity contribution in [2.75, 3.05) is 19.0 Å². The van der Waals surface area contributed by atoms with Crippen LogP contribution in [0.4, 0.5) is 10.2 Å². The molecule has 0 radical (unpaired) electrons. The molecule has 0 amide bonds. The molecule has 0 aliphatic carbocycles. The molecule has 1 heterocycles. The van der Waals surface area contributed by atoms with Crippen molar-refractivity contribution in [3.05, 3.63) is 65.5 Å². The van der Waals surface area contributed by atoms with E-state index < -0.39 is 5.97 Å². The van der Waals surface area contributed by atoms with E-state index in [0.29, 0.717) is 29.6 Å². The summed E-state index contributed by atoms with van der Waals surface area (Å²) in [5, 5.41) is 13.2. The molecule has 0 unspecified atom stereocenters. The van der Waals surface area contributed by atoms with Crippen molar-refractivity contribution in [2.24, 2.45) is 0 Å². The molecule has 0 atom stereocenters. The fraction of sp³-hybridized carbons (Fsp3) is 0.158. The van der Waals surface area contributed by atoms with E-state index in [9.17, 15) is 14.3 Å². The van der Waals surface area contributed by atoms with Gasteiger partial charge in [0, 0.05) is 18.0 Å². The van der Waals surface area contributed by atoms with E-state index in [1.807, 2.05) is 6.07 Å². The van der Waals surface area contributed by atoms with Crippen LogP contribution in [0.15, 0.2) is 48.5 Å². The number of methoxy groups -OCH3 is 1. The molecule has 0 saturated carbocycles. The Morgan fingerprint density at radius 1 is 1.24 bits per heavy atom. The lowest BCUT2D eigenvalue weighted by atomic mass is 10.1. The van der Waals surface area contributed by atoms with Crippen molar-refractivity contribution < 1.29 is 19.0 Å². The molecule has 0 aliphatic rings. The quantitative estimate of drug-likeness (QED) is 0.715. The molecule has 0 bridgehead atoms. The van der Waals surface area contributed by atoms with Gasteiger partial charge in [-0.2, -0.15) is 0 Å². The van der Waals surface area contributed by atoms with Crippen LogP contribution in [0.3, 0.4) is 0 Å². The fourth-order valence-electron chi connectivity index (χ4n) is 2.59. The Bertz CT molecular complexity index is 928. The minimum absolute atomic E-state index is 0.0944. The summed E-state index contributed by atoms with van der Waals surface area (Å²) in [5.74, 6) is -0.420. The largest absolute Gasteiger partial charge is 0.497 e. The number of aromatic carboxylic acids is 1. The molecular formula is C19H17FN2O3. The number of nitrogens with zero attached hydrogens (tertiary/aromatic N) is 1. The molecule has 3 aromatic rings. The number of hydrogen-bond donors (Lipinski definition) is 2. The first kappa shape index (κ1) is 16.7. The van der Waals surface area contributed by atoms with Gasteiger partial charge in [-0.3, -0.25) is 0 Å². The van der Waals surface area contributed by atoms with Crippen LogP contribution in [-0.4, -0.2) is 29.7 Å². The number of anilines is 1. The first-order valence-corrected chi connectivity index (χ1v) is 7.77. The summed E-state index contributed by atoms with van der Waals surface area (Å²) in [6, 6.07) is 13.2. The van der Waals surface area contributed by atoms with Crippen LogP contribution >= 0.6 is 0 Å². The van der Waals surface area contributed by atoms with Crippen LogP contribution in [0.25, 0.3) is 10.9 Å². The Labute approximate surface area is 144 Å². The second-order valence-corrected chi connectivity index (χ2v) is 5.56. The van der Waals surface area contributed by atoms with Crippen molar-refractivity contribution in [2.45, 2.75) is 6.42 Å². The minimum atomic E-state index is -1.06. The summed E-state index contributed by atoms with van der Waals surface area (Å²) in [5.41, 5.74) is 1.56. The lowest BCUT2D eigenvalue weighted by Gasteiger charge is -2.11. The zero-order valence-corrected chi connectivity index (χ0v) is 13.6. The molecule has 3 rings (SSSR count). The zero-order valence-electron chi connectivity index (χ0n) is 13.6. The number of aromatic nitrogens is 1. The minimum Gasteiger partial charge on any atom is -0.497 e. The van der Waals surface area contributed by atoms with Crippen LogP contribution < -0.4 is 10.1 Å². The SMILES string of the molecule is COc1ccc2cc(C(=O)O)c(NCCc3cccc(F)c3)nc2c1. The van der Waals surface area contributed by atoms with Gasteiger partial charge < -0.3 is 15.2 Å². The molecule has 0 aliphatic heterocycles. The lowest BCUT2D eigenvalue weighted by molar-refractivity contribution is 0.0697. The number of nitrogens with one attached hydrogen (secondary N) is 1. The maximum Gasteiger partial charge on any atom is 0.339 e. The van der Waals surface area contributed by atoms with E-state index in [1.54, 1.807) is 37.4 Å². The molecule has 6 heteroatoms. The summed E-state index contributed by atoms with van der Waals surface area (Å²) in [6.45, 7) is 0.437. The molecule has 0 spiro atoms. The predicted molar refractivity (Wildman–Crippen MR) is 93.8 cm³/mol. The highest BCUT2D eigenvalue weighted by Crippen LogP contribution is 2.24. The van der Waals surface area contributed by atoms with E-state index >= 15 is 0 Å². The third kappa shape index (κ3) is 3.85. The smallest absolute Gasteiger partial charge is 0.339 e. The van der Waals surface area contributed by atoms with Crippen LogP contribution in [0.2, 0.25) is 0 Å². The van der Waals surface area contributed by atoms with Gasteiger partial charge in [-0.05, 0) is 42.3 Å². The van der Waals surface area contributed by atoms with Crippen LogP contribution in [-0.2, 0) is 6.42 Å². The maximum absolute atomic E-state index is 13.2. The number of hydrogen-bond acceptors (Lipinski definition) is 4. The Morgan fingerprint density at radius 2 is 2.08 bits per heavy atom. The van der Waals surface area contributed by atoms with Crippen LogP contribution in [0.1, 0.15) is 15.9 Å². The van der Waals surface area contributed by atoms with Crippen LogP contribution in [0, 0.1) is 5.82 Å². The second kappa shape index (κ2) is 7.17. The maximum atomic E-state index is 13.2. The van der Waals surface area contributed by atoms with Crippen molar-refractivity contribution in [3.8, 4) is 5.75 Å². The first-order valence-electron chi connectivity index (χ1n) is 7.77. The fourth-order valence-corrected chi connectivity index (χ4v) is 2.59. The Hall–Kier alpha value is -3.15. The van der Waals surface area contributed by atoms with Gasteiger partial charge in [0.1, 0.15) is 22.9 Å². The van der Waals surface area contributed by atoms with Crippen molar-refractivity contribution >= 4 is 22.7 Å². The first-order chi connectivity index (χ1) is 12.1. The number of benzene rings is 2. The monoisotopic (exact) mass is 340 g/mol. The highest BCUT2D eigenvalue weighted by molar-refractivity contribution is 5.98. The standard InChI is InChI=1S/C19H17FN2O3/c1-25-15-6-5-13-10-16(19(23)24)18(22-17(13)11-15)21-8-7-12-3-2-4-14(20)9-12/h2-6,9-11H,7-8H2,1H3,(H,21,22)(H,23,24). The third-order valence-electron chi connectivity index (χ3n) is 3.85. The molecule has 5 nitrogen and oxygen atoms in total. The highest BCUT2D eigenvalue weighted by atomic mass is 19.1. The summed E-state index contributed by atoms with van der Waals surface area (Å²) < 4.78 is 18.4. The summed E-state index contributed by atoms with van der Waals surface area (Å²) in [4.78, 5) is 15.9. The zero-order chi connectivity index (χ0) is 17.8. The molecule has 2 aromatic carbocycles. The van der Waals surface area contributed by atoms with Gasteiger partial charge >= 0.3 is 5.97 Å². The molecule has 2 N–H and O–H groups in total. The van der Waals surface area contributed by atoms with Gasteiger partial charge in [-0.1, -0.05) is 12.1 Å². The topological polar surface area (TPSA) is 71.5 Å². The number of halogens is 1. The lowest BCUT2D eigenvalue weighted by Crippen LogP contribution is -2.11. The number of carboxylic acid groups (broad SMARTS) is 1. The number of fused-ring (bicyclic) bond motifs is 1. The van der Waals surface area contributed by atoms with Crippen molar-refractivity contribution in [1.82, 2.24) is 4.98 Å². The molecule has 0 saturated heterocycles. The number of pyridine rings is 1. The van der Waals surface area contributed by atoms with Gasteiger partial charge in [0.05, 0.1) is 12.6 Å². The number of ether oxygens (including phenoxy) is 1. The number of carboxylic acids is 1. The molecule has 1 aromatic heterocycles. The molecule has 25 heavy (non-hydrogen) atoms. The van der Waals surface area contributed by atoms with E-state index in [4.69, 9.17) is 4.74 Å². The van der Waals surface area contributed by atoms with Crippen LogP contribution in [0.5, 0.6) is 5.75 Å². The Balaban J connectivity index is 1.85. The second-order valence-electron chi connectivity index (χ2n) is 5.56.